The number of nitrogens with zero attached hydrogens (tertiary/aromatic N) is 2. The van der Waals surface area contributed by atoms with Gasteiger partial charge >= 0.3 is 0 Å². The van der Waals surface area contributed by atoms with Crippen LogP contribution in [0.2, 0.25) is 0 Å². The first kappa shape index (κ1) is 10.8. The second-order valence-electron chi connectivity index (χ2n) is 3.43. The van der Waals surface area contributed by atoms with E-state index in [0.717, 1.165) is 15.7 Å². The Hall–Kier alpha value is -0.230. The SMILES string of the molecule is CC(C)C(N)Cc1ncncc1I. The summed E-state index contributed by atoms with van der Waals surface area (Å²) >= 11 is 2.24. The molecule has 1 aromatic heterocycles. The van der Waals surface area contributed by atoms with Crippen LogP contribution < -0.4 is 5.73 Å². The van der Waals surface area contributed by atoms with Gasteiger partial charge in [-0.3, -0.25) is 0 Å². The van der Waals surface area contributed by atoms with Crippen molar-refractivity contribution < 1.29 is 0 Å². The summed E-state index contributed by atoms with van der Waals surface area (Å²) in [6.45, 7) is 4.25. The van der Waals surface area contributed by atoms with E-state index in [9.17, 15) is 0 Å². The average molecular weight is 291 g/mol. The molecule has 1 heterocycles. The third-order valence-electron chi connectivity index (χ3n) is 2.03. The van der Waals surface area contributed by atoms with Crippen LogP contribution in [-0.4, -0.2) is 16.0 Å². The van der Waals surface area contributed by atoms with Crippen LogP contribution in [0.15, 0.2) is 12.5 Å². The fraction of sp³-hybridized carbons (Fsp3) is 0.556. The second-order valence-corrected chi connectivity index (χ2v) is 4.59. The molecule has 4 heteroatoms. The zero-order valence-corrected chi connectivity index (χ0v) is 10.0. The van der Waals surface area contributed by atoms with Crippen molar-refractivity contribution in [2.45, 2.75) is 26.3 Å². The van der Waals surface area contributed by atoms with Crippen molar-refractivity contribution in [2.75, 3.05) is 0 Å². The number of hydrogen-bond acceptors (Lipinski definition) is 3. The fourth-order valence-electron chi connectivity index (χ4n) is 0.947. The summed E-state index contributed by atoms with van der Waals surface area (Å²) in [6.07, 6.45) is 4.22. The highest BCUT2D eigenvalue weighted by Gasteiger charge is 2.11. The molecule has 0 amide bonds. The topological polar surface area (TPSA) is 51.8 Å². The minimum atomic E-state index is 0.184. The van der Waals surface area contributed by atoms with Gasteiger partial charge in [0.2, 0.25) is 0 Å². The van der Waals surface area contributed by atoms with E-state index in [1.165, 1.54) is 0 Å². The van der Waals surface area contributed by atoms with Gasteiger partial charge in [-0.25, -0.2) is 9.97 Å². The molecule has 13 heavy (non-hydrogen) atoms. The quantitative estimate of drug-likeness (QED) is 0.861. The van der Waals surface area contributed by atoms with Gasteiger partial charge in [-0.05, 0) is 28.5 Å². The van der Waals surface area contributed by atoms with Crippen molar-refractivity contribution in [3.63, 3.8) is 0 Å². The van der Waals surface area contributed by atoms with Gasteiger partial charge in [-0.2, -0.15) is 0 Å². The van der Waals surface area contributed by atoms with E-state index in [1.807, 2.05) is 6.20 Å². The van der Waals surface area contributed by atoms with Gasteiger partial charge < -0.3 is 5.73 Å². The zero-order valence-electron chi connectivity index (χ0n) is 7.87. The molecule has 0 aliphatic rings. The predicted molar refractivity (Wildman–Crippen MR) is 61.3 cm³/mol. The summed E-state index contributed by atoms with van der Waals surface area (Å²) in [5.41, 5.74) is 7.01. The molecule has 2 N–H and O–H groups in total. The third kappa shape index (κ3) is 3.19. The van der Waals surface area contributed by atoms with Gasteiger partial charge in [-0.1, -0.05) is 13.8 Å². The van der Waals surface area contributed by atoms with Gasteiger partial charge in [0, 0.05) is 18.7 Å². The molecular weight excluding hydrogens is 277 g/mol. The van der Waals surface area contributed by atoms with Crippen molar-refractivity contribution in [2.24, 2.45) is 11.7 Å². The third-order valence-corrected chi connectivity index (χ3v) is 2.93. The van der Waals surface area contributed by atoms with Gasteiger partial charge in [0.1, 0.15) is 6.33 Å². The molecule has 0 fully saturated rings. The van der Waals surface area contributed by atoms with Crippen molar-refractivity contribution in [3.05, 3.63) is 21.8 Å². The first-order chi connectivity index (χ1) is 6.11. The number of halogens is 1. The van der Waals surface area contributed by atoms with E-state index < -0.39 is 0 Å². The molecule has 0 spiro atoms. The second kappa shape index (κ2) is 4.85. The Bertz CT molecular complexity index is 275. The largest absolute Gasteiger partial charge is 0.327 e. The van der Waals surface area contributed by atoms with Gasteiger partial charge in [0.15, 0.2) is 0 Å². The monoisotopic (exact) mass is 291 g/mol. The Balaban J connectivity index is 2.69. The Kier molecular flexibility index (Phi) is 4.05. The molecule has 1 atom stereocenters. The van der Waals surface area contributed by atoms with Crippen LogP contribution >= 0.6 is 22.6 Å². The summed E-state index contributed by atoms with van der Waals surface area (Å²) < 4.78 is 1.09. The lowest BCUT2D eigenvalue weighted by Gasteiger charge is -2.15. The molecule has 3 nitrogen and oxygen atoms in total. The Morgan fingerprint density at radius 2 is 2.23 bits per heavy atom. The summed E-state index contributed by atoms with van der Waals surface area (Å²) in [5, 5.41) is 0. The molecule has 1 rings (SSSR count). The minimum absolute atomic E-state index is 0.184. The summed E-state index contributed by atoms with van der Waals surface area (Å²) in [6, 6.07) is 0.184. The van der Waals surface area contributed by atoms with Gasteiger partial charge in [0.05, 0.1) is 9.26 Å². The van der Waals surface area contributed by atoms with Crippen LogP contribution in [0.1, 0.15) is 19.5 Å². The van der Waals surface area contributed by atoms with Crippen LogP contribution in [0.3, 0.4) is 0 Å². The lowest BCUT2D eigenvalue weighted by molar-refractivity contribution is 0.485. The molecule has 0 saturated heterocycles. The number of aromatic nitrogens is 2. The van der Waals surface area contributed by atoms with E-state index in [1.54, 1.807) is 6.33 Å². The highest BCUT2D eigenvalue weighted by atomic mass is 127. The molecule has 1 aromatic rings. The van der Waals surface area contributed by atoms with Gasteiger partial charge in [0.25, 0.3) is 0 Å². The van der Waals surface area contributed by atoms with Crippen LogP contribution in [0.5, 0.6) is 0 Å². The standard InChI is InChI=1S/C9H14IN3/c1-6(2)8(11)3-9-7(10)4-12-5-13-9/h4-6,8H,3,11H2,1-2H3. The molecule has 0 aliphatic heterocycles. The van der Waals surface area contributed by atoms with E-state index >= 15 is 0 Å². The molecule has 0 aliphatic carbocycles. The molecule has 0 bridgehead atoms. The summed E-state index contributed by atoms with van der Waals surface area (Å²) in [4.78, 5) is 8.14. The molecule has 72 valence electrons. The number of nitrogens with two attached hydrogens (primary N) is 1. The van der Waals surface area contributed by atoms with Crippen LogP contribution in [0.25, 0.3) is 0 Å². The average Bonchev–Trinajstić information content (AvgIpc) is 2.08. The summed E-state index contributed by atoms with van der Waals surface area (Å²) in [7, 11) is 0. The zero-order chi connectivity index (χ0) is 9.84. The maximum Gasteiger partial charge on any atom is 0.115 e. The predicted octanol–water partition coefficient (Wildman–Crippen LogP) is 1.61. The number of hydrogen-bond donors (Lipinski definition) is 1. The van der Waals surface area contributed by atoms with Crippen molar-refractivity contribution in [3.8, 4) is 0 Å². The Morgan fingerprint density at radius 3 is 2.77 bits per heavy atom. The van der Waals surface area contributed by atoms with Crippen molar-refractivity contribution >= 4 is 22.6 Å². The van der Waals surface area contributed by atoms with E-state index in [2.05, 4.69) is 46.4 Å². The minimum Gasteiger partial charge on any atom is -0.327 e. The summed E-state index contributed by atoms with van der Waals surface area (Å²) in [5.74, 6) is 0.491. The lowest BCUT2D eigenvalue weighted by Crippen LogP contribution is -2.29. The first-order valence-corrected chi connectivity index (χ1v) is 5.39. The normalized spacial score (nSPS) is 13.3. The van der Waals surface area contributed by atoms with E-state index in [0.29, 0.717) is 5.92 Å². The molecule has 0 radical (unpaired) electrons. The Labute approximate surface area is 92.3 Å². The maximum atomic E-state index is 5.95. The molecular formula is C9H14IN3. The highest BCUT2D eigenvalue weighted by molar-refractivity contribution is 14.1. The van der Waals surface area contributed by atoms with Crippen molar-refractivity contribution in [1.82, 2.24) is 9.97 Å². The van der Waals surface area contributed by atoms with Crippen LogP contribution in [-0.2, 0) is 6.42 Å². The van der Waals surface area contributed by atoms with E-state index in [-0.39, 0.29) is 6.04 Å². The molecule has 0 aromatic carbocycles. The molecule has 0 saturated carbocycles. The van der Waals surface area contributed by atoms with Crippen LogP contribution in [0.4, 0.5) is 0 Å². The lowest BCUT2D eigenvalue weighted by atomic mass is 10.0. The Morgan fingerprint density at radius 1 is 1.54 bits per heavy atom. The van der Waals surface area contributed by atoms with E-state index in [4.69, 9.17) is 5.73 Å². The smallest absolute Gasteiger partial charge is 0.115 e. The molecule has 1 unspecified atom stereocenters. The maximum absolute atomic E-state index is 5.95. The van der Waals surface area contributed by atoms with Crippen molar-refractivity contribution in [1.29, 1.82) is 0 Å². The fourth-order valence-corrected chi connectivity index (χ4v) is 1.47. The van der Waals surface area contributed by atoms with Gasteiger partial charge in [-0.15, -0.1) is 0 Å². The van der Waals surface area contributed by atoms with Crippen LogP contribution in [0, 0.1) is 9.49 Å². The first-order valence-electron chi connectivity index (χ1n) is 4.31. The number of rotatable bonds is 3. The highest BCUT2D eigenvalue weighted by Crippen LogP contribution is 2.11.